The lowest BCUT2D eigenvalue weighted by Crippen LogP contribution is -1.98. The molecule has 1 aromatic heterocycles. The predicted octanol–water partition coefficient (Wildman–Crippen LogP) is 2.16. The fraction of sp³-hybridized carbons (Fsp3) is 0.154. The Morgan fingerprint density at radius 2 is 1.89 bits per heavy atom. The van der Waals surface area contributed by atoms with Gasteiger partial charge < -0.3 is 4.90 Å². The largest absolute Gasteiger partial charge is 0.374 e. The summed E-state index contributed by atoms with van der Waals surface area (Å²) in [4.78, 5) is 3.67. The average molecular weight is 274 g/mol. The SMILES string of the molecule is Clc1ccc(-n2nnc(/C=C\C=C\N3CC3)n2)cc1. The number of aromatic nitrogens is 4. The third kappa shape index (κ3) is 3.20. The van der Waals surface area contributed by atoms with Gasteiger partial charge in [0.15, 0.2) is 5.82 Å². The summed E-state index contributed by atoms with van der Waals surface area (Å²) in [5.41, 5.74) is 0.830. The van der Waals surface area contributed by atoms with Crippen molar-refractivity contribution >= 4 is 17.7 Å². The van der Waals surface area contributed by atoms with Crippen LogP contribution in [0.25, 0.3) is 11.8 Å². The van der Waals surface area contributed by atoms with Crippen LogP contribution in [0.5, 0.6) is 0 Å². The van der Waals surface area contributed by atoms with E-state index in [-0.39, 0.29) is 0 Å². The van der Waals surface area contributed by atoms with Crippen LogP contribution in [-0.4, -0.2) is 38.2 Å². The second kappa shape index (κ2) is 5.24. The minimum atomic E-state index is 0.574. The summed E-state index contributed by atoms with van der Waals surface area (Å²) in [7, 11) is 0. The highest BCUT2D eigenvalue weighted by atomic mass is 35.5. The molecule has 0 unspecified atom stereocenters. The molecule has 0 spiro atoms. The van der Waals surface area contributed by atoms with Gasteiger partial charge in [-0.25, -0.2) is 0 Å². The van der Waals surface area contributed by atoms with Crippen LogP contribution in [-0.2, 0) is 0 Å². The Morgan fingerprint density at radius 3 is 2.63 bits per heavy atom. The molecule has 96 valence electrons. The molecule has 0 radical (unpaired) electrons. The normalized spacial score (nSPS) is 14.7. The molecular weight excluding hydrogens is 262 g/mol. The Labute approximate surface area is 115 Å². The number of nitrogens with zero attached hydrogens (tertiary/aromatic N) is 5. The molecule has 0 bridgehead atoms. The van der Waals surface area contributed by atoms with Gasteiger partial charge in [0.05, 0.1) is 5.69 Å². The quantitative estimate of drug-likeness (QED) is 0.633. The first-order valence-corrected chi connectivity index (χ1v) is 6.34. The van der Waals surface area contributed by atoms with Crippen LogP contribution in [0.3, 0.4) is 0 Å². The minimum Gasteiger partial charge on any atom is -0.374 e. The van der Waals surface area contributed by atoms with Gasteiger partial charge in [-0.3, -0.25) is 0 Å². The molecule has 1 saturated heterocycles. The molecule has 1 fully saturated rings. The fourth-order valence-electron chi connectivity index (χ4n) is 1.50. The van der Waals surface area contributed by atoms with Gasteiger partial charge in [-0.2, -0.15) is 0 Å². The van der Waals surface area contributed by atoms with Gasteiger partial charge in [-0.1, -0.05) is 17.7 Å². The maximum Gasteiger partial charge on any atom is 0.198 e. The van der Waals surface area contributed by atoms with Gasteiger partial charge in [0.2, 0.25) is 0 Å². The van der Waals surface area contributed by atoms with Gasteiger partial charge in [-0.05, 0) is 47.8 Å². The van der Waals surface area contributed by atoms with Crippen LogP contribution in [0.15, 0.2) is 42.6 Å². The van der Waals surface area contributed by atoms with Crippen LogP contribution >= 0.6 is 11.6 Å². The van der Waals surface area contributed by atoms with E-state index < -0.39 is 0 Å². The summed E-state index contributed by atoms with van der Waals surface area (Å²) in [6.45, 7) is 2.30. The number of hydrogen-bond acceptors (Lipinski definition) is 4. The van der Waals surface area contributed by atoms with Crippen molar-refractivity contribution in [2.24, 2.45) is 0 Å². The van der Waals surface area contributed by atoms with Crippen LogP contribution in [0.4, 0.5) is 0 Å². The Hall–Kier alpha value is -2.14. The van der Waals surface area contributed by atoms with Crippen molar-refractivity contribution in [2.45, 2.75) is 0 Å². The van der Waals surface area contributed by atoms with E-state index in [1.807, 2.05) is 36.6 Å². The molecule has 1 aliphatic rings. The highest BCUT2D eigenvalue weighted by molar-refractivity contribution is 6.30. The Kier molecular flexibility index (Phi) is 3.29. The molecule has 0 aliphatic carbocycles. The van der Waals surface area contributed by atoms with Crippen molar-refractivity contribution < 1.29 is 0 Å². The number of halogens is 1. The molecule has 19 heavy (non-hydrogen) atoms. The smallest absolute Gasteiger partial charge is 0.198 e. The molecule has 6 heteroatoms. The zero-order valence-corrected chi connectivity index (χ0v) is 10.9. The molecule has 0 atom stereocenters. The van der Waals surface area contributed by atoms with E-state index in [2.05, 4.69) is 20.3 Å². The predicted molar refractivity (Wildman–Crippen MR) is 73.9 cm³/mol. The fourth-order valence-corrected chi connectivity index (χ4v) is 1.62. The first-order valence-electron chi connectivity index (χ1n) is 5.96. The Balaban J connectivity index is 1.69. The standard InChI is InChI=1S/C13H12ClN5/c14-11-4-6-12(7-5-11)19-16-13(15-17-19)3-1-2-8-18-9-10-18/h1-8H,9-10H2/b3-1-,8-2+. The Bertz CT molecular complexity index is 610. The molecule has 0 saturated carbocycles. The zero-order valence-electron chi connectivity index (χ0n) is 10.1. The summed E-state index contributed by atoms with van der Waals surface area (Å²) in [5.74, 6) is 0.574. The minimum absolute atomic E-state index is 0.574. The van der Waals surface area contributed by atoms with Crippen LogP contribution in [0.1, 0.15) is 5.82 Å². The highest BCUT2D eigenvalue weighted by Gasteiger charge is 2.09. The lowest BCUT2D eigenvalue weighted by molar-refractivity contribution is 0.719. The summed E-state index contributed by atoms with van der Waals surface area (Å²) in [5, 5.41) is 12.9. The van der Waals surface area contributed by atoms with E-state index >= 15 is 0 Å². The van der Waals surface area contributed by atoms with Gasteiger partial charge in [0.1, 0.15) is 0 Å². The topological polar surface area (TPSA) is 46.6 Å². The summed E-state index contributed by atoms with van der Waals surface area (Å²) in [6.07, 6.45) is 7.73. The van der Waals surface area contributed by atoms with Crippen LogP contribution < -0.4 is 0 Å². The molecule has 2 heterocycles. The summed E-state index contributed by atoms with van der Waals surface area (Å²) < 4.78 is 0. The van der Waals surface area contributed by atoms with Crippen molar-refractivity contribution in [3.05, 3.63) is 53.5 Å². The van der Waals surface area contributed by atoms with E-state index in [0.29, 0.717) is 10.8 Å². The number of benzene rings is 1. The molecule has 0 N–H and O–H groups in total. The number of hydrogen-bond donors (Lipinski definition) is 0. The third-order valence-corrected chi connectivity index (χ3v) is 2.87. The summed E-state index contributed by atoms with van der Waals surface area (Å²) in [6, 6.07) is 7.28. The third-order valence-electron chi connectivity index (χ3n) is 2.62. The highest BCUT2D eigenvalue weighted by Crippen LogP contribution is 2.11. The van der Waals surface area contributed by atoms with Gasteiger partial charge in [-0.15, -0.1) is 15.0 Å². The molecule has 3 rings (SSSR count). The molecule has 1 aliphatic heterocycles. The van der Waals surface area contributed by atoms with Crippen molar-refractivity contribution in [3.63, 3.8) is 0 Å². The molecule has 2 aromatic rings. The van der Waals surface area contributed by atoms with Crippen LogP contribution in [0.2, 0.25) is 5.02 Å². The second-order valence-electron chi connectivity index (χ2n) is 4.15. The number of allylic oxidation sites excluding steroid dienone is 2. The van der Waals surface area contributed by atoms with E-state index in [4.69, 9.17) is 11.6 Å². The number of tetrazole rings is 1. The van der Waals surface area contributed by atoms with E-state index in [9.17, 15) is 0 Å². The van der Waals surface area contributed by atoms with Crippen molar-refractivity contribution in [2.75, 3.05) is 13.1 Å². The van der Waals surface area contributed by atoms with Crippen molar-refractivity contribution in [1.82, 2.24) is 25.1 Å². The number of rotatable bonds is 4. The van der Waals surface area contributed by atoms with Crippen LogP contribution in [0, 0.1) is 0 Å². The first kappa shape index (κ1) is 11.9. The van der Waals surface area contributed by atoms with Crippen molar-refractivity contribution in [1.29, 1.82) is 0 Å². The maximum absolute atomic E-state index is 5.83. The van der Waals surface area contributed by atoms with E-state index in [1.54, 1.807) is 12.1 Å². The van der Waals surface area contributed by atoms with E-state index in [0.717, 1.165) is 18.8 Å². The summed E-state index contributed by atoms with van der Waals surface area (Å²) >= 11 is 5.83. The molecule has 0 amide bonds. The molecular formula is C13H12ClN5. The second-order valence-corrected chi connectivity index (χ2v) is 4.59. The average Bonchev–Trinajstić information content (AvgIpc) is 3.13. The lowest BCUT2D eigenvalue weighted by atomic mass is 10.3. The zero-order chi connectivity index (χ0) is 13.1. The van der Waals surface area contributed by atoms with Crippen molar-refractivity contribution in [3.8, 4) is 5.69 Å². The van der Waals surface area contributed by atoms with Gasteiger partial charge in [0.25, 0.3) is 0 Å². The molecule has 1 aromatic carbocycles. The Morgan fingerprint density at radius 1 is 1.11 bits per heavy atom. The van der Waals surface area contributed by atoms with Gasteiger partial charge in [0, 0.05) is 18.1 Å². The lowest BCUT2D eigenvalue weighted by Gasteiger charge is -1.96. The maximum atomic E-state index is 5.83. The van der Waals surface area contributed by atoms with Gasteiger partial charge >= 0.3 is 0 Å². The first-order chi connectivity index (χ1) is 9.31. The van der Waals surface area contributed by atoms with E-state index in [1.165, 1.54) is 4.80 Å². The molecule has 5 nitrogen and oxygen atoms in total. The monoisotopic (exact) mass is 273 g/mol.